The number of ether oxygens (including phenoxy) is 2. The van der Waals surface area contributed by atoms with E-state index in [1.807, 2.05) is 24.3 Å². The Hall–Kier alpha value is -4.05. The van der Waals surface area contributed by atoms with Gasteiger partial charge in [0, 0.05) is 6.08 Å². The Bertz CT molecular complexity index is 1080. The second-order valence-corrected chi connectivity index (χ2v) is 5.98. The molecule has 0 spiro atoms. The predicted molar refractivity (Wildman–Crippen MR) is 111 cm³/mol. The van der Waals surface area contributed by atoms with Gasteiger partial charge >= 0.3 is 0 Å². The Kier molecular flexibility index (Phi) is 6.28. The number of carbonyl (C=O) groups excluding carboxylic acids is 1. The second-order valence-electron chi connectivity index (χ2n) is 5.98. The van der Waals surface area contributed by atoms with Gasteiger partial charge in [-0.3, -0.25) is 4.79 Å². The fourth-order valence-corrected chi connectivity index (χ4v) is 2.61. The summed E-state index contributed by atoms with van der Waals surface area (Å²) in [4.78, 5) is 16.5. The van der Waals surface area contributed by atoms with Gasteiger partial charge in [0.15, 0.2) is 11.5 Å². The number of hydrogen-bond acceptors (Lipinski definition) is 5. The van der Waals surface area contributed by atoms with Crippen LogP contribution < -0.4 is 14.8 Å². The summed E-state index contributed by atoms with van der Waals surface area (Å²) >= 11 is 0. The molecule has 0 aliphatic rings. The molecule has 3 aromatic rings. The summed E-state index contributed by atoms with van der Waals surface area (Å²) in [5.74, 6) is 3.86. The van der Waals surface area contributed by atoms with E-state index < -0.39 is 0 Å². The molecular formula is C22H20N4O3. The smallest absolute Gasteiger partial charge is 0.248 e. The molecule has 29 heavy (non-hydrogen) atoms. The van der Waals surface area contributed by atoms with Crippen LogP contribution in [0, 0.1) is 19.3 Å². The molecule has 1 aromatic heterocycles. The first-order valence-corrected chi connectivity index (χ1v) is 8.81. The van der Waals surface area contributed by atoms with Crippen LogP contribution in [0.5, 0.6) is 11.5 Å². The molecule has 0 unspecified atom stereocenters. The third kappa shape index (κ3) is 5.02. The highest BCUT2D eigenvalue weighted by atomic mass is 16.5. The number of hydrogen-bond donors (Lipinski definition) is 1. The van der Waals surface area contributed by atoms with Crippen LogP contribution in [-0.2, 0) is 4.79 Å². The Labute approximate surface area is 169 Å². The van der Waals surface area contributed by atoms with Gasteiger partial charge in [-0.25, -0.2) is 9.67 Å². The molecule has 0 saturated heterocycles. The van der Waals surface area contributed by atoms with Gasteiger partial charge < -0.3 is 14.8 Å². The van der Waals surface area contributed by atoms with E-state index in [0.717, 1.165) is 11.3 Å². The van der Waals surface area contributed by atoms with Crippen LogP contribution in [0.1, 0.15) is 11.4 Å². The molecule has 1 heterocycles. The average molecular weight is 388 g/mol. The maximum atomic E-state index is 12.4. The van der Waals surface area contributed by atoms with Gasteiger partial charge in [0.2, 0.25) is 5.91 Å². The third-order valence-corrected chi connectivity index (χ3v) is 3.94. The van der Waals surface area contributed by atoms with Crippen molar-refractivity contribution < 1.29 is 14.3 Å². The largest absolute Gasteiger partial charge is 0.493 e. The number of carbonyl (C=O) groups is 1. The molecule has 2 aromatic carbocycles. The SMILES string of the molecule is C#CCOc1ccc(/C=C/C(=O)Nc2ccccc2-n2cnc(C)n2)cc1OC. The van der Waals surface area contributed by atoms with Crippen LogP contribution in [0.3, 0.4) is 0 Å². The lowest BCUT2D eigenvalue weighted by Gasteiger charge is -2.10. The summed E-state index contributed by atoms with van der Waals surface area (Å²) in [5, 5.41) is 7.15. The lowest BCUT2D eigenvalue weighted by molar-refractivity contribution is -0.111. The molecule has 0 bridgehead atoms. The Morgan fingerprint density at radius 1 is 1.28 bits per heavy atom. The zero-order valence-electron chi connectivity index (χ0n) is 16.1. The molecule has 0 saturated carbocycles. The summed E-state index contributed by atoms with van der Waals surface area (Å²) in [7, 11) is 1.54. The molecule has 146 valence electrons. The van der Waals surface area contributed by atoms with E-state index >= 15 is 0 Å². The number of para-hydroxylation sites is 2. The van der Waals surface area contributed by atoms with E-state index in [4.69, 9.17) is 15.9 Å². The first kappa shape index (κ1) is 19.7. The normalized spacial score (nSPS) is 10.5. The Morgan fingerprint density at radius 3 is 2.83 bits per heavy atom. The molecule has 3 rings (SSSR count). The Morgan fingerprint density at radius 2 is 2.10 bits per heavy atom. The van der Waals surface area contributed by atoms with Crippen LogP contribution in [-0.4, -0.2) is 34.4 Å². The minimum atomic E-state index is -0.277. The number of aryl methyl sites for hydroxylation is 1. The molecule has 1 N–H and O–H groups in total. The number of nitrogens with zero attached hydrogens (tertiary/aromatic N) is 3. The maximum absolute atomic E-state index is 12.4. The van der Waals surface area contributed by atoms with Gasteiger partial charge in [-0.1, -0.05) is 24.1 Å². The fourth-order valence-electron chi connectivity index (χ4n) is 2.61. The van der Waals surface area contributed by atoms with E-state index in [1.54, 1.807) is 49.3 Å². The lowest BCUT2D eigenvalue weighted by Crippen LogP contribution is -2.11. The van der Waals surface area contributed by atoms with E-state index in [-0.39, 0.29) is 12.5 Å². The summed E-state index contributed by atoms with van der Waals surface area (Å²) in [5.41, 5.74) is 2.14. The molecule has 7 heteroatoms. The summed E-state index contributed by atoms with van der Waals surface area (Å²) < 4.78 is 12.3. The molecule has 0 radical (unpaired) electrons. The molecule has 1 amide bonds. The molecule has 0 fully saturated rings. The van der Waals surface area contributed by atoms with Crippen molar-refractivity contribution in [3.63, 3.8) is 0 Å². The number of methoxy groups -OCH3 is 1. The summed E-state index contributed by atoms with van der Waals surface area (Å²) in [6.45, 7) is 1.95. The van der Waals surface area contributed by atoms with Crippen molar-refractivity contribution in [2.24, 2.45) is 0 Å². The summed E-state index contributed by atoms with van der Waals surface area (Å²) in [6, 6.07) is 12.7. The highest BCUT2D eigenvalue weighted by Gasteiger charge is 2.08. The van der Waals surface area contributed by atoms with E-state index in [1.165, 1.54) is 6.08 Å². The van der Waals surface area contributed by atoms with Crippen molar-refractivity contribution in [2.45, 2.75) is 6.92 Å². The zero-order valence-corrected chi connectivity index (χ0v) is 16.1. The zero-order chi connectivity index (χ0) is 20.6. The summed E-state index contributed by atoms with van der Waals surface area (Å²) in [6.07, 6.45) is 9.94. The van der Waals surface area contributed by atoms with Gasteiger partial charge in [-0.05, 0) is 42.8 Å². The van der Waals surface area contributed by atoms with Crippen LogP contribution in [0.25, 0.3) is 11.8 Å². The molecule has 0 aliphatic heterocycles. The van der Waals surface area contributed by atoms with Crippen LogP contribution in [0.15, 0.2) is 54.9 Å². The lowest BCUT2D eigenvalue weighted by atomic mass is 10.2. The second kappa shape index (κ2) is 9.24. The maximum Gasteiger partial charge on any atom is 0.248 e. The van der Waals surface area contributed by atoms with Crippen LogP contribution >= 0.6 is 0 Å². The minimum absolute atomic E-state index is 0.151. The van der Waals surface area contributed by atoms with Crippen molar-refractivity contribution in [1.29, 1.82) is 0 Å². The number of aromatic nitrogens is 3. The molecule has 0 atom stereocenters. The van der Waals surface area contributed by atoms with Gasteiger partial charge in [-0.2, -0.15) is 5.10 Å². The minimum Gasteiger partial charge on any atom is -0.493 e. The van der Waals surface area contributed by atoms with Gasteiger partial charge in [0.05, 0.1) is 18.5 Å². The van der Waals surface area contributed by atoms with E-state index in [2.05, 4.69) is 21.3 Å². The highest BCUT2D eigenvalue weighted by molar-refractivity contribution is 6.03. The van der Waals surface area contributed by atoms with Gasteiger partial charge in [0.1, 0.15) is 18.8 Å². The van der Waals surface area contributed by atoms with Crippen molar-refractivity contribution in [3.8, 4) is 29.5 Å². The van der Waals surface area contributed by atoms with E-state index in [0.29, 0.717) is 23.0 Å². The number of terminal acetylenes is 1. The number of amides is 1. The van der Waals surface area contributed by atoms with Gasteiger partial charge in [-0.15, -0.1) is 6.42 Å². The van der Waals surface area contributed by atoms with Crippen molar-refractivity contribution in [1.82, 2.24) is 14.8 Å². The number of benzene rings is 2. The van der Waals surface area contributed by atoms with E-state index in [9.17, 15) is 4.79 Å². The predicted octanol–water partition coefficient (Wildman–Crippen LogP) is 3.25. The van der Waals surface area contributed by atoms with Crippen molar-refractivity contribution in [2.75, 3.05) is 19.0 Å². The monoisotopic (exact) mass is 388 g/mol. The first-order valence-electron chi connectivity index (χ1n) is 8.81. The van der Waals surface area contributed by atoms with Gasteiger partial charge in [0.25, 0.3) is 0 Å². The van der Waals surface area contributed by atoms with Crippen molar-refractivity contribution in [3.05, 3.63) is 66.3 Å². The molecular weight excluding hydrogens is 368 g/mol. The third-order valence-electron chi connectivity index (χ3n) is 3.94. The molecule has 7 nitrogen and oxygen atoms in total. The highest BCUT2D eigenvalue weighted by Crippen LogP contribution is 2.28. The van der Waals surface area contributed by atoms with Crippen LogP contribution in [0.2, 0.25) is 0 Å². The first-order chi connectivity index (χ1) is 14.1. The topological polar surface area (TPSA) is 78.3 Å². The number of anilines is 1. The Balaban J connectivity index is 1.73. The number of nitrogens with one attached hydrogen (secondary N) is 1. The average Bonchev–Trinajstić information content (AvgIpc) is 3.17. The fraction of sp³-hybridized carbons (Fsp3) is 0.136. The van der Waals surface area contributed by atoms with Crippen LogP contribution in [0.4, 0.5) is 5.69 Å². The van der Waals surface area contributed by atoms with Crippen molar-refractivity contribution >= 4 is 17.7 Å². The quantitative estimate of drug-likeness (QED) is 0.497. The number of rotatable bonds is 7. The standard InChI is InChI=1S/C22H20N4O3/c1-4-13-29-20-11-9-17(14-21(20)28-3)10-12-22(27)24-18-7-5-6-8-19(18)26-15-23-16(2)25-26/h1,5-12,14-15H,13H2,2-3H3,(H,24,27)/b12-10+. The molecule has 0 aliphatic carbocycles.